The number of anilines is 1. The van der Waals surface area contributed by atoms with Gasteiger partial charge in [0.15, 0.2) is 17.2 Å². The summed E-state index contributed by atoms with van der Waals surface area (Å²) in [5.41, 5.74) is 0.554. The topological polar surface area (TPSA) is 90.4 Å². The van der Waals surface area contributed by atoms with E-state index >= 15 is 0 Å². The number of likely N-dealkylation sites (N-methyl/N-ethyl adjacent to an activating group) is 1. The van der Waals surface area contributed by atoms with Crippen molar-refractivity contribution in [3.05, 3.63) is 41.6 Å². The quantitative estimate of drug-likeness (QED) is 0.426. The van der Waals surface area contributed by atoms with Crippen LogP contribution in [0.3, 0.4) is 0 Å². The highest BCUT2D eigenvalue weighted by Crippen LogP contribution is 2.45. The van der Waals surface area contributed by atoms with Crippen LogP contribution in [-0.4, -0.2) is 91.9 Å². The van der Waals surface area contributed by atoms with Gasteiger partial charge in [0, 0.05) is 63.2 Å². The summed E-state index contributed by atoms with van der Waals surface area (Å²) in [4.78, 5) is 14.0. The fraction of sp³-hybridized carbons (Fsp3) is 0.481. The molecular weight excluding hydrogens is 510 g/mol. The number of nitrogens with zero attached hydrogens (tertiary/aromatic N) is 4. The lowest BCUT2D eigenvalue weighted by Gasteiger charge is -2.38. The first-order valence-corrected chi connectivity index (χ1v) is 13.4. The second-order valence-electron chi connectivity index (χ2n) is 9.86. The van der Waals surface area contributed by atoms with E-state index in [1.54, 1.807) is 18.3 Å². The molecule has 0 saturated carbocycles. The minimum absolute atomic E-state index is 0.148. The van der Waals surface area contributed by atoms with Crippen molar-refractivity contribution in [1.29, 1.82) is 0 Å². The molecule has 2 fully saturated rings. The Morgan fingerprint density at radius 1 is 1.08 bits per heavy atom. The molecule has 0 spiro atoms. The molecule has 2 saturated heterocycles. The van der Waals surface area contributed by atoms with Gasteiger partial charge in [0.25, 0.3) is 0 Å². The minimum Gasteiger partial charge on any atom is -0.492 e. The largest absolute Gasteiger partial charge is 0.492 e. The SMILES string of the molecule is CN1CCN(CCOc2ccc3cnc(OC4(Nc5c(Cl)ccc6c5OCO6)CCOCC4)nc3c2)CC1. The van der Waals surface area contributed by atoms with Gasteiger partial charge in [-0.3, -0.25) is 4.90 Å². The number of benzene rings is 2. The fourth-order valence-electron chi connectivity index (χ4n) is 4.91. The van der Waals surface area contributed by atoms with Crippen LogP contribution < -0.4 is 24.3 Å². The molecule has 0 amide bonds. The first kappa shape index (κ1) is 25.2. The number of piperazine rings is 1. The molecule has 10 nitrogen and oxygen atoms in total. The second-order valence-corrected chi connectivity index (χ2v) is 10.3. The van der Waals surface area contributed by atoms with Crippen molar-refractivity contribution in [2.45, 2.75) is 18.6 Å². The summed E-state index contributed by atoms with van der Waals surface area (Å²) in [5.74, 6) is 1.99. The van der Waals surface area contributed by atoms with Gasteiger partial charge in [-0.1, -0.05) is 11.6 Å². The van der Waals surface area contributed by atoms with Crippen molar-refractivity contribution >= 4 is 28.2 Å². The molecule has 0 unspecified atom stereocenters. The number of fused-ring (bicyclic) bond motifs is 2. The van der Waals surface area contributed by atoms with Gasteiger partial charge < -0.3 is 33.9 Å². The normalized spacial score (nSPS) is 19.4. The Balaban J connectivity index is 1.18. The van der Waals surface area contributed by atoms with Gasteiger partial charge in [0.1, 0.15) is 18.0 Å². The van der Waals surface area contributed by atoms with E-state index in [1.165, 1.54) is 0 Å². The maximum Gasteiger partial charge on any atom is 0.319 e. The summed E-state index contributed by atoms with van der Waals surface area (Å²) in [6.45, 7) is 7.06. The Hall–Kier alpha value is -3.05. The van der Waals surface area contributed by atoms with Gasteiger partial charge >= 0.3 is 6.01 Å². The molecule has 11 heteroatoms. The Labute approximate surface area is 226 Å². The Bertz CT molecular complexity index is 1280. The first-order chi connectivity index (χ1) is 18.6. The lowest BCUT2D eigenvalue weighted by atomic mass is 10.0. The molecule has 0 aliphatic carbocycles. The molecule has 3 aliphatic heterocycles. The third kappa shape index (κ3) is 5.54. The number of ether oxygens (including phenoxy) is 5. The Morgan fingerprint density at radius 2 is 1.92 bits per heavy atom. The number of hydrogen-bond acceptors (Lipinski definition) is 10. The predicted molar refractivity (Wildman–Crippen MR) is 144 cm³/mol. The molecule has 0 bridgehead atoms. The average molecular weight is 542 g/mol. The van der Waals surface area contributed by atoms with Crippen LogP contribution in [0, 0.1) is 0 Å². The molecule has 0 radical (unpaired) electrons. The summed E-state index contributed by atoms with van der Waals surface area (Å²) in [5, 5.41) is 4.91. The van der Waals surface area contributed by atoms with Crippen LogP contribution >= 0.6 is 11.6 Å². The highest BCUT2D eigenvalue weighted by atomic mass is 35.5. The van der Waals surface area contributed by atoms with Gasteiger partial charge in [0.05, 0.1) is 23.8 Å². The summed E-state index contributed by atoms with van der Waals surface area (Å²) in [7, 11) is 2.16. The standard InChI is InChI=1S/C27H32ClN5O5/c1-32-8-10-33(11-9-32)12-15-35-20-3-2-19-17-29-26(30-22(19)16-20)38-27(6-13-34-14-7-27)31-24-21(28)4-5-23-25(24)37-18-36-23/h2-5,16-17,31H,6-15,18H2,1H3. The number of hydrogen-bond donors (Lipinski definition) is 1. The van der Waals surface area contributed by atoms with Crippen LogP contribution in [0.5, 0.6) is 23.3 Å². The van der Waals surface area contributed by atoms with Crippen LogP contribution in [0.1, 0.15) is 12.8 Å². The van der Waals surface area contributed by atoms with Gasteiger partial charge in [-0.15, -0.1) is 0 Å². The third-order valence-electron chi connectivity index (χ3n) is 7.23. The summed E-state index contributed by atoms with van der Waals surface area (Å²) >= 11 is 6.55. The minimum atomic E-state index is -0.826. The molecule has 1 aromatic heterocycles. The molecule has 4 heterocycles. The van der Waals surface area contributed by atoms with Crippen molar-refractivity contribution in [3.63, 3.8) is 0 Å². The number of nitrogens with one attached hydrogen (secondary N) is 1. The van der Waals surface area contributed by atoms with Crippen molar-refractivity contribution in [1.82, 2.24) is 19.8 Å². The zero-order valence-electron chi connectivity index (χ0n) is 21.5. The monoisotopic (exact) mass is 541 g/mol. The van der Waals surface area contributed by atoms with Crippen molar-refractivity contribution in [2.24, 2.45) is 0 Å². The number of halogens is 1. The maximum atomic E-state index is 6.55. The van der Waals surface area contributed by atoms with E-state index in [0.29, 0.717) is 54.9 Å². The van der Waals surface area contributed by atoms with Crippen LogP contribution in [0.2, 0.25) is 5.02 Å². The summed E-state index contributed by atoms with van der Waals surface area (Å²) in [6.07, 6.45) is 2.91. The van der Waals surface area contributed by atoms with E-state index in [2.05, 4.69) is 27.1 Å². The molecule has 202 valence electrons. The van der Waals surface area contributed by atoms with Gasteiger partial charge in [-0.25, -0.2) is 4.98 Å². The van der Waals surface area contributed by atoms with E-state index in [-0.39, 0.29) is 12.8 Å². The number of aromatic nitrogens is 2. The van der Waals surface area contributed by atoms with E-state index in [1.807, 2.05) is 18.2 Å². The molecule has 0 atom stereocenters. The van der Waals surface area contributed by atoms with Crippen molar-refractivity contribution < 1.29 is 23.7 Å². The van der Waals surface area contributed by atoms with Gasteiger partial charge in [-0.2, -0.15) is 4.98 Å². The summed E-state index contributed by atoms with van der Waals surface area (Å²) in [6, 6.07) is 9.70. The third-order valence-corrected chi connectivity index (χ3v) is 7.55. The lowest BCUT2D eigenvalue weighted by molar-refractivity contribution is -0.0330. The molecule has 38 heavy (non-hydrogen) atoms. The van der Waals surface area contributed by atoms with Crippen LogP contribution in [0.4, 0.5) is 5.69 Å². The van der Waals surface area contributed by atoms with Gasteiger partial charge in [-0.05, 0) is 31.3 Å². The van der Waals surface area contributed by atoms with Crippen LogP contribution in [-0.2, 0) is 4.74 Å². The van der Waals surface area contributed by atoms with Gasteiger partial charge in [0.2, 0.25) is 6.79 Å². The highest BCUT2D eigenvalue weighted by molar-refractivity contribution is 6.33. The molecule has 2 aromatic carbocycles. The summed E-state index contributed by atoms with van der Waals surface area (Å²) < 4.78 is 29.4. The first-order valence-electron chi connectivity index (χ1n) is 13.0. The molecule has 6 rings (SSSR count). The van der Waals surface area contributed by atoms with E-state index in [9.17, 15) is 0 Å². The van der Waals surface area contributed by atoms with Crippen LogP contribution in [0.15, 0.2) is 36.5 Å². The molecular formula is C27H32ClN5O5. The fourth-order valence-corrected chi connectivity index (χ4v) is 5.11. The zero-order chi connectivity index (χ0) is 26.0. The lowest BCUT2D eigenvalue weighted by Crippen LogP contribution is -2.49. The smallest absolute Gasteiger partial charge is 0.319 e. The Kier molecular flexibility index (Phi) is 7.29. The van der Waals surface area contributed by atoms with Crippen LogP contribution in [0.25, 0.3) is 10.9 Å². The molecule has 3 aromatic rings. The zero-order valence-corrected chi connectivity index (χ0v) is 22.2. The van der Waals surface area contributed by atoms with E-state index in [4.69, 9.17) is 40.3 Å². The molecule has 1 N–H and O–H groups in total. The molecule has 3 aliphatic rings. The predicted octanol–water partition coefficient (Wildman–Crippen LogP) is 3.64. The van der Waals surface area contributed by atoms with E-state index < -0.39 is 5.72 Å². The maximum absolute atomic E-state index is 6.55. The van der Waals surface area contributed by atoms with Crippen molar-refractivity contribution in [2.75, 3.05) is 71.7 Å². The average Bonchev–Trinajstić information content (AvgIpc) is 3.41. The Morgan fingerprint density at radius 3 is 2.76 bits per heavy atom. The second kappa shape index (κ2) is 11.0. The van der Waals surface area contributed by atoms with E-state index in [0.717, 1.165) is 49.4 Å². The van der Waals surface area contributed by atoms with Crippen molar-refractivity contribution in [3.8, 4) is 23.3 Å². The highest BCUT2D eigenvalue weighted by Gasteiger charge is 2.38. The number of rotatable bonds is 8.